The lowest BCUT2D eigenvalue weighted by molar-refractivity contribution is -0.202. The van der Waals surface area contributed by atoms with E-state index in [-0.39, 0.29) is 11.0 Å². The largest absolute Gasteiger partial charge is 0.389 e. The van der Waals surface area contributed by atoms with Crippen molar-refractivity contribution in [3.8, 4) is 0 Å². The van der Waals surface area contributed by atoms with Gasteiger partial charge in [-0.25, -0.2) is 0 Å². The second-order valence-corrected chi connectivity index (χ2v) is 9.16. The van der Waals surface area contributed by atoms with Crippen LogP contribution in [0, 0.1) is 28.6 Å². The van der Waals surface area contributed by atoms with Crippen molar-refractivity contribution >= 4 is 0 Å². The average molecular weight is 276 g/mol. The Morgan fingerprint density at radius 1 is 0.750 bits per heavy atom. The normalized spacial score (nSPS) is 58.6. The van der Waals surface area contributed by atoms with E-state index in [2.05, 4.69) is 13.8 Å². The van der Waals surface area contributed by atoms with Gasteiger partial charge in [0, 0.05) is 0 Å². The Balaban J connectivity index is 1.68. The molecule has 0 saturated heterocycles. The average Bonchev–Trinajstić information content (AvgIpc) is 2.81. The van der Waals surface area contributed by atoms with Crippen molar-refractivity contribution in [1.29, 1.82) is 0 Å². The first-order valence-corrected chi connectivity index (χ1v) is 9.21. The van der Waals surface area contributed by atoms with Gasteiger partial charge in [-0.2, -0.15) is 0 Å². The van der Waals surface area contributed by atoms with E-state index >= 15 is 0 Å². The van der Waals surface area contributed by atoms with Crippen LogP contribution in [0.1, 0.15) is 84.5 Å². The summed E-state index contributed by atoms with van der Waals surface area (Å²) in [5, 5.41) is 11.3. The monoisotopic (exact) mass is 276 g/mol. The van der Waals surface area contributed by atoms with Gasteiger partial charge in [-0.3, -0.25) is 0 Å². The van der Waals surface area contributed by atoms with Gasteiger partial charge in [0.15, 0.2) is 0 Å². The molecule has 4 rings (SSSR count). The summed E-state index contributed by atoms with van der Waals surface area (Å²) < 4.78 is 0. The van der Waals surface area contributed by atoms with Crippen LogP contribution in [0.5, 0.6) is 0 Å². The Morgan fingerprint density at radius 3 is 2.40 bits per heavy atom. The van der Waals surface area contributed by atoms with Crippen LogP contribution in [0.3, 0.4) is 0 Å². The Labute approximate surface area is 124 Å². The van der Waals surface area contributed by atoms with E-state index in [4.69, 9.17) is 0 Å². The molecule has 1 nitrogen and oxygen atoms in total. The van der Waals surface area contributed by atoms with Crippen LogP contribution in [0.2, 0.25) is 0 Å². The molecule has 0 aromatic heterocycles. The minimum atomic E-state index is -0.321. The summed E-state index contributed by atoms with van der Waals surface area (Å²) in [7, 11) is 0. The van der Waals surface area contributed by atoms with Crippen molar-refractivity contribution in [3.63, 3.8) is 0 Å². The molecule has 0 aromatic rings. The van der Waals surface area contributed by atoms with Gasteiger partial charge in [0.25, 0.3) is 0 Å². The molecule has 0 spiro atoms. The van der Waals surface area contributed by atoms with Crippen LogP contribution in [0.15, 0.2) is 0 Å². The zero-order valence-corrected chi connectivity index (χ0v) is 13.5. The zero-order chi connectivity index (χ0) is 14.0. The SMILES string of the molecule is C[C@@]12CCC[C@H]1[C@@H]1CC[C@]3(O)CCCC[C@]3(C)[C@H]1CC2. The fourth-order valence-corrected chi connectivity index (χ4v) is 7.25. The number of aliphatic hydroxyl groups is 1. The smallest absolute Gasteiger partial charge is 0.0703 e. The minimum absolute atomic E-state index is 0.234. The van der Waals surface area contributed by atoms with Crippen molar-refractivity contribution in [1.82, 2.24) is 0 Å². The highest BCUT2D eigenvalue weighted by Gasteiger charge is 2.61. The van der Waals surface area contributed by atoms with Crippen LogP contribution in [0.25, 0.3) is 0 Å². The van der Waals surface area contributed by atoms with Gasteiger partial charge in [-0.05, 0) is 80.0 Å². The fraction of sp³-hybridized carbons (Fsp3) is 1.00. The zero-order valence-electron chi connectivity index (χ0n) is 13.5. The topological polar surface area (TPSA) is 20.2 Å². The number of hydrogen-bond donors (Lipinski definition) is 1. The quantitative estimate of drug-likeness (QED) is 0.665. The molecule has 0 aromatic carbocycles. The van der Waals surface area contributed by atoms with E-state index in [0.29, 0.717) is 5.41 Å². The maximum atomic E-state index is 11.3. The van der Waals surface area contributed by atoms with Gasteiger partial charge < -0.3 is 5.11 Å². The maximum Gasteiger partial charge on any atom is 0.0703 e. The summed E-state index contributed by atoms with van der Waals surface area (Å²) in [6, 6.07) is 0. The molecule has 4 saturated carbocycles. The highest BCUT2D eigenvalue weighted by atomic mass is 16.3. The Morgan fingerprint density at radius 2 is 1.55 bits per heavy atom. The van der Waals surface area contributed by atoms with E-state index in [1.165, 1.54) is 57.8 Å². The van der Waals surface area contributed by atoms with E-state index in [9.17, 15) is 5.11 Å². The predicted molar refractivity (Wildman–Crippen MR) is 82.4 cm³/mol. The first-order chi connectivity index (χ1) is 9.49. The molecule has 0 heterocycles. The molecule has 0 unspecified atom stereocenters. The van der Waals surface area contributed by atoms with Crippen LogP contribution < -0.4 is 0 Å². The second-order valence-electron chi connectivity index (χ2n) is 9.16. The van der Waals surface area contributed by atoms with Gasteiger partial charge in [-0.15, -0.1) is 0 Å². The summed E-state index contributed by atoms with van der Waals surface area (Å²) in [5.74, 6) is 2.72. The van der Waals surface area contributed by atoms with Crippen molar-refractivity contribution < 1.29 is 5.11 Å². The third-order valence-electron chi connectivity index (χ3n) is 8.53. The summed E-state index contributed by atoms with van der Waals surface area (Å²) in [6.45, 7) is 5.03. The van der Waals surface area contributed by atoms with Crippen molar-refractivity contribution in [2.45, 2.75) is 90.1 Å². The van der Waals surface area contributed by atoms with Gasteiger partial charge >= 0.3 is 0 Å². The molecule has 4 aliphatic rings. The fourth-order valence-electron chi connectivity index (χ4n) is 7.25. The number of hydrogen-bond acceptors (Lipinski definition) is 1. The van der Waals surface area contributed by atoms with E-state index < -0.39 is 0 Å². The lowest BCUT2D eigenvalue weighted by Gasteiger charge is -2.63. The maximum absolute atomic E-state index is 11.3. The lowest BCUT2D eigenvalue weighted by atomic mass is 9.44. The van der Waals surface area contributed by atoms with Gasteiger partial charge in [0.1, 0.15) is 0 Å². The molecular weight excluding hydrogens is 244 g/mol. The Bertz CT molecular complexity index is 405. The molecule has 0 aliphatic heterocycles. The molecule has 4 aliphatic carbocycles. The third-order valence-corrected chi connectivity index (χ3v) is 8.53. The molecule has 6 atom stereocenters. The van der Waals surface area contributed by atoms with Crippen LogP contribution in [-0.4, -0.2) is 10.7 Å². The summed E-state index contributed by atoms with van der Waals surface area (Å²) in [4.78, 5) is 0. The molecule has 1 heteroatoms. The van der Waals surface area contributed by atoms with E-state index in [1.807, 2.05) is 0 Å². The summed E-state index contributed by atoms with van der Waals surface area (Å²) in [6.07, 6.45) is 14.6. The molecule has 20 heavy (non-hydrogen) atoms. The number of fused-ring (bicyclic) bond motifs is 5. The Kier molecular flexibility index (Phi) is 2.89. The minimum Gasteiger partial charge on any atom is -0.389 e. The molecule has 0 bridgehead atoms. The Hall–Kier alpha value is -0.0400. The highest BCUT2D eigenvalue weighted by molar-refractivity contribution is 5.12. The molecule has 0 radical (unpaired) electrons. The van der Waals surface area contributed by atoms with Gasteiger partial charge in [0.2, 0.25) is 0 Å². The van der Waals surface area contributed by atoms with E-state index in [0.717, 1.165) is 30.6 Å². The predicted octanol–water partition coefficient (Wildman–Crippen LogP) is 4.92. The molecule has 4 fully saturated rings. The van der Waals surface area contributed by atoms with Crippen molar-refractivity contribution in [2.75, 3.05) is 0 Å². The first-order valence-electron chi connectivity index (χ1n) is 9.21. The highest BCUT2D eigenvalue weighted by Crippen LogP contribution is 2.67. The van der Waals surface area contributed by atoms with Gasteiger partial charge in [-0.1, -0.05) is 33.1 Å². The lowest BCUT2D eigenvalue weighted by Crippen LogP contribution is -2.60. The van der Waals surface area contributed by atoms with Crippen LogP contribution >= 0.6 is 0 Å². The van der Waals surface area contributed by atoms with Crippen molar-refractivity contribution in [2.24, 2.45) is 28.6 Å². The number of rotatable bonds is 0. The summed E-state index contributed by atoms with van der Waals surface area (Å²) in [5.41, 5.74) is 0.568. The van der Waals surface area contributed by atoms with E-state index in [1.54, 1.807) is 0 Å². The van der Waals surface area contributed by atoms with Crippen LogP contribution in [-0.2, 0) is 0 Å². The molecule has 0 amide bonds. The molecule has 114 valence electrons. The van der Waals surface area contributed by atoms with Crippen molar-refractivity contribution in [3.05, 3.63) is 0 Å². The third kappa shape index (κ3) is 1.59. The first kappa shape index (κ1) is 13.6. The molecule has 1 N–H and O–H groups in total. The van der Waals surface area contributed by atoms with Crippen LogP contribution in [0.4, 0.5) is 0 Å². The second kappa shape index (κ2) is 4.24. The standard InChI is InChI=1S/C19H32O/c1-17-9-5-6-15(17)14-7-13-19(20)11-4-3-10-18(19,2)16(14)8-12-17/h14-16,20H,3-13H2,1-2H3/t14-,15-,16-,17-,18+,19+/m0/s1. The molecular formula is C19H32O. The van der Waals surface area contributed by atoms with Gasteiger partial charge in [0.05, 0.1) is 5.60 Å². The summed E-state index contributed by atoms with van der Waals surface area (Å²) >= 11 is 0.